The first-order chi connectivity index (χ1) is 10.0. The quantitative estimate of drug-likeness (QED) is 0.839. The van der Waals surface area contributed by atoms with Crippen molar-refractivity contribution in [3.63, 3.8) is 0 Å². The summed E-state index contributed by atoms with van der Waals surface area (Å²) in [7, 11) is -3.01. The molecule has 6 heteroatoms. The Labute approximate surface area is 127 Å². The molecule has 1 aliphatic heterocycles. The Hall–Kier alpha value is -0.780. The molecule has 3 fully saturated rings. The van der Waals surface area contributed by atoms with Crippen LogP contribution in [0, 0.1) is 17.8 Å². The van der Waals surface area contributed by atoms with Crippen LogP contribution in [-0.2, 0) is 9.84 Å². The molecule has 5 nitrogen and oxygen atoms in total. The van der Waals surface area contributed by atoms with Crippen LogP contribution < -0.4 is 5.32 Å². The molecule has 0 aromatic carbocycles. The molecule has 2 aliphatic carbocycles. The van der Waals surface area contributed by atoms with Crippen LogP contribution in [0.25, 0.3) is 0 Å². The van der Waals surface area contributed by atoms with Crippen molar-refractivity contribution in [3.8, 4) is 0 Å². The van der Waals surface area contributed by atoms with E-state index in [0.29, 0.717) is 23.5 Å². The number of rotatable bonds is 5. The highest BCUT2D eigenvalue weighted by molar-refractivity contribution is 7.91. The summed E-state index contributed by atoms with van der Waals surface area (Å²) in [5.41, 5.74) is 0. The van der Waals surface area contributed by atoms with E-state index in [9.17, 15) is 13.2 Å². The Balaban J connectivity index is 1.38. The summed E-state index contributed by atoms with van der Waals surface area (Å²) < 4.78 is 23.9. The van der Waals surface area contributed by atoms with E-state index in [2.05, 4.69) is 5.32 Å². The molecule has 0 aromatic heterocycles. The third-order valence-corrected chi connectivity index (χ3v) is 7.22. The van der Waals surface area contributed by atoms with Gasteiger partial charge in [-0.2, -0.15) is 0 Å². The number of nitrogens with one attached hydrogen (secondary N) is 1. The summed E-state index contributed by atoms with van der Waals surface area (Å²) in [5, 5.41) is 2.79. The number of urea groups is 1. The minimum Gasteiger partial charge on any atom is -0.337 e. The minimum atomic E-state index is -3.01. The highest BCUT2D eigenvalue weighted by Gasteiger charge is 2.37. The van der Waals surface area contributed by atoms with Crippen molar-refractivity contribution >= 4 is 15.9 Å². The molecule has 2 amide bonds. The maximum Gasteiger partial charge on any atom is 0.317 e. The molecule has 2 saturated carbocycles. The smallest absolute Gasteiger partial charge is 0.317 e. The second-order valence-electron chi connectivity index (χ2n) is 7.00. The van der Waals surface area contributed by atoms with Crippen LogP contribution in [0.1, 0.15) is 38.5 Å². The summed E-state index contributed by atoms with van der Waals surface area (Å²) in [6.07, 6.45) is 7.02. The fraction of sp³-hybridized carbons (Fsp3) is 0.933. The van der Waals surface area contributed by atoms with E-state index in [4.69, 9.17) is 0 Å². The molecule has 1 N–H and O–H groups in total. The molecular weight excluding hydrogens is 288 g/mol. The normalized spacial score (nSPS) is 29.2. The Kier molecular flexibility index (Phi) is 4.43. The average Bonchev–Trinajstić information content (AvgIpc) is 2.94. The van der Waals surface area contributed by atoms with Crippen LogP contribution in [0.4, 0.5) is 4.79 Å². The van der Waals surface area contributed by atoms with E-state index in [-0.39, 0.29) is 18.3 Å². The number of amides is 2. The molecule has 0 unspecified atom stereocenters. The second kappa shape index (κ2) is 6.15. The van der Waals surface area contributed by atoms with Crippen LogP contribution in [0.5, 0.6) is 0 Å². The van der Waals surface area contributed by atoms with Crippen molar-refractivity contribution in [2.75, 3.05) is 31.1 Å². The molecule has 0 aromatic rings. The number of hydrogen-bond donors (Lipinski definition) is 1. The van der Waals surface area contributed by atoms with Crippen molar-refractivity contribution in [1.82, 2.24) is 10.2 Å². The molecule has 3 rings (SSSR count). The van der Waals surface area contributed by atoms with Gasteiger partial charge in [0.25, 0.3) is 0 Å². The first kappa shape index (κ1) is 15.1. The van der Waals surface area contributed by atoms with Gasteiger partial charge in [-0.15, -0.1) is 0 Å². The Morgan fingerprint density at radius 2 is 1.67 bits per heavy atom. The largest absolute Gasteiger partial charge is 0.337 e. The molecule has 0 radical (unpaired) electrons. The van der Waals surface area contributed by atoms with Crippen molar-refractivity contribution in [3.05, 3.63) is 0 Å². The van der Waals surface area contributed by atoms with Gasteiger partial charge in [0, 0.05) is 19.6 Å². The Bertz CT molecular complexity index is 475. The van der Waals surface area contributed by atoms with Crippen LogP contribution in [0.2, 0.25) is 0 Å². The number of likely N-dealkylation sites (tertiary alicyclic amines) is 1. The fourth-order valence-electron chi connectivity index (χ4n) is 3.93. The van der Waals surface area contributed by atoms with Gasteiger partial charge in [0.15, 0.2) is 9.84 Å². The van der Waals surface area contributed by atoms with E-state index in [1.807, 2.05) is 4.90 Å². The zero-order valence-corrected chi connectivity index (χ0v) is 13.4. The third-order valence-electron chi connectivity index (χ3n) is 5.42. The molecule has 1 saturated heterocycles. The van der Waals surface area contributed by atoms with Gasteiger partial charge in [-0.25, -0.2) is 13.2 Å². The van der Waals surface area contributed by atoms with Gasteiger partial charge < -0.3 is 10.2 Å². The zero-order valence-electron chi connectivity index (χ0n) is 12.6. The highest BCUT2D eigenvalue weighted by Crippen LogP contribution is 2.37. The molecule has 3 aliphatic rings. The topological polar surface area (TPSA) is 66.5 Å². The first-order valence-corrected chi connectivity index (χ1v) is 10.1. The van der Waals surface area contributed by atoms with E-state index >= 15 is 0 Å². The van der Waals surface area contributed by atoms with Gasteiger partial charge in [0.1, 0.15) is 0 Å². The summed E-state index contributed by atoms with van der Waals surface area (Å²) in [6, 6.07) is -0.0803. The number of carbonyl (C=O) groups excluding carboxylic acids is 1. The second-order valence-corrected chi connectivity index (χ2v) is 9.23. The zero-order chi connectivity index (χ0) is 14.9. The lowest BCUT2D eigenvalue weighted by atomic mass is 9.87. The standard InChI is InChI=1S/C15H26N2O3S/c18-15(17-9-13-5-2-6-14(13)10-17)16-7-8-21(19,20)11-12-3-1-4-12/h12-14H,1-11H2,(H,16,18)/t13-,14-/m0/s1. The van der Waals surface area contributed by atoms with Crippen molar-refractivity contribution in [1.29, 1.82) is 0 Å². The SMILES string of the molecule is O=C(NCCS(=O)(=O)CC1CCC1)N1C[C@@H]2CCC[C@H]2C1. The highest BCUT2D eigenvalue weighted by atomic mass is 32.2. The summed E-state index contributed by atoms with van der Waals surface area (Å²) >= 11 is 0. The van der Waals surface area contributed by atoms with Crippen LogP contribution in [0.3, 0.4) is 0 Å². The molecule has 0 spiro atoms. The van der Waals surface area contributed by atoms with Crippen molar-refractivity contribution < 1.29 is 13.2 Å². The molecule has 0 bridgehead atoms. The van der Waals surface area contributed by atoms with E-state index in [1.54, 1.807) is 0 Å². The number of nitrogens with zero attached hydrogens (tertiary/aromatic N) is 1. The summed E-state index contributed by atoms with van der Waals surface area (Å²) in [6.45, 7) is 1.95. The molecule has 21 heavy (non-hydrogen) atoms. The van der Waals surface area contributed by atoms with Gasteiger partial charge >= 0.3 is 6.03 Å². The predicted octanol–water partition coefficient (Wildman–Crippen LogP) is 1.64. The lowest BCUT2D eigenvalue weighted by molar-refractivity contribution is 0.205. The van der Waals surface area contributed by atoms with Gasteiger partial charge in [0.2, 0.25) is 0 Å². The first-order valence-electron chi connectivity index (χ1n) is 8.27. The molecule has 120 valence electrons. The number of sulfone groups is 1. The lowest BCUT2D eigenvalue weighted by Crippen LogP contribution is -2.41. The Morgan fingerprint density at radius 3 is 2.24 bits per heavy atom. The average molecular weight is 314 g/mol. The molecular formula is C15H26N2O3S. The number of fused-ring (bicyclic) bond motifs is 1. The van der Waals surface area contributed by atoms with Crippen molar-refractivity contribution in [2.45, 2.75) is 38.5 Å². The van der Waals surface area contributed by atoms with Gasteiger partial charge in [-0.3, -0.25) is 0 Å². The maximum absolute atomic E-state index is 12.1. The predicted molar refractivity (Wildman–Crippen MR) is 81.8 cm³/mol. The third kappa shape index (κ3) is 3.71. The van der Waals surface area contributed by atoms with E-state index in [1.165, 1.54) is 19.3 Å². The molecule has 2 atom stereocenters. The van der Waals surface area contributed by atoms with E-state index < -0.39 is 9.84 Å². The van der Waals surface area contributed by atoms with Gasteiger partial charge in [0.05, 0.1) is 11.5 Å². The summed E-state index contributed by atoms with van der Waals surface area (Å²) in [4.78, 5) is 13.9. The minimum absolute atomic E-state index is 0.0793. The summed E-state index contributed by atoms with van der Waals surface area (Å²) in [5.74, 6) is 2.10. The maximum atomic E-state index is 12.1. The fourth-order valence-corrected chi connectivity index (χ4v) is 5.56. The van der Waals surface area contributed by atoms with Crippen LogP contribution in [-0.4, -0.2) is 50.5 Å². The lowest BCUT2D eigenvalue weighted by Gasteiger charge is -2.25. The van der Waals surface area contributed by atoms with Crippen molar-refractivity contribution in [2.24, 2.45) is 17.8 Å². The number of carbonyl (C=O) groups is 1. The van der Waals surface area contributed by atoms with E-state index in [0.717, 1.165) is 32.4 Å². The van der Waals surface area contributed by atoms with Crippen LogP contribution in [0.15, 0.2) is 0 Å². The monoisotopic (exact) mass is 314 g/mol. The van der Waals surface area contributed by atoms with Gasteiger partial charge in [-0.05, 0) is 43.4 Å². The molecule has 1 heterocycles. The Morgan fingerprint density at radius 1 is 1.05 bits per heavy atom. The van der Waals surface area contributed by atoms with Gasteiger partial charge in [-0.1, -0.05) is 12.8 Å². The number of hydrogen-bond acceptors (Lipinski definition) is 3. The van der Waals surface area contributed by atoms with Crippen LogP contribution >= 0.6 is 0 Å².